The lowest BCUT2D eigenvalue weighted by Gasteiger charge is -2.29. The average molecular weight is 413 g/mol. The van der Waals surface area contributed by atoms with E-state index in [1.807, 2.05) is 19.0 Å². The van der Waals surface area contributed by atoms with Gasteiger partial charge in [-0.15, -0.1) is 0 Å². The van der Waals surface area contributed by atoms with Gasteiger partial charge in [0.25, 0.3) is 0 Å². The van der Waals surface area contributed by atoms with Crippen molar-refractivity contribution in [2.24, 2.45) is 0 Å². The van der Waals surface area contributed by atoms with E-state index in [0.29, 0.717) is 30.9 Å². The maximum atomic E-state index is 12.8. The number of sulfone groups is 1. The third-order valence-corrected chi connectivity index (χ3v) is 6.02. The number of urea groups is 1. The Balaban J connectivity index is 2.02. The van der Waals surface area contributed by atoms with Crippen LogP contribution in [0.25, 0.3) is 0 Å². The standard InChI is InChI=1S/C18H27N3O6S/c1-4-26-18(23)27-16-7-5-14(6-8-16)19-17(22)21(11-10-20(2)3)15-9-12-28(24,25)13-15/h5-8,15H,4,9-13H2,1-3H3,(H,19,22). The molecule has 28 heavy (non-hydrogen) atoms. The van der Waals surface area contributed by atoms with Crippen molar-refractivity contribution < 1.29 is 27.5 Å². The van der Waals surface area contributed by atoms with Gasteiger partial charge in [-0.25, -0.2) is 18.0 Å². The molecular weight excluding hydrogens is 386 g/mol. The molecule has 1 unspecified atom stereocenters. The minimum Gasteiger partial charge on any atom is -0.434 e. The first-order valence-electron chi connectivity index (χ1n) is 9.07. The number of nitrogens with one attached hydrogen (secondary N) is 1. The lowest BCUT2D eigenvalue weighted by Crippen LogP contribution is -2.46. The summed E-state index contributed by atoms with van der Waals surface area (Å²) in [5.74, 6) is 0.381. The molecule has 10 heteroatoms. The minimum atomic E-state index is -3.10. The van der Waals surface area contributed by atoms with Crippen LogP contribution in [0.5, 0.6) is 5.75 Å². The Kier molecular flexibility index (Phi) is 7.64. The molecule has 1 saturated heterocycles. The molecule has 1 fully saturated rings. The lowest BCUT2D eigenvalue weighted by atomic mass is 10.2. The Morgan fingerprint density at radius 3 is 2.39 bits per heavy atom. The van der Waals surface area contributed by atoms with Gasteiger partial charge in [0.05, 0.1) is 18.1 Å². The zero-order valence-electron chi connectivity index (χ0n) is 16.4. The van der Waals surface area contributed by atoms with E-state index < -0.39 is 16.0 Å². The molecule has 2 amide bonds. The van der Waals surface area contributed by atoms with E-state index in [-0.39, 0.29) is 30.2 Å². The van der Waals surface area contributed by atoms with Crippen LogP contribution in [0.15, 0.2) is 24.3 Å². The molecule has 1 aliphatic rings. The van der Waals surface area contributed by atoms with E-state index in [4.69, 9.17) is 9.47 Å². The van der Waals surface area contributed by atoms with Crippen molar-refractivity contribution in [1.29, 1.82) is 0 Å². The highest BCUT2D eigenvalue weighted by Crippen LogP contribution is 2.20. The minimum absolute atomic E-state index is 0.0137. The molecule has 2 rings (SSSR count). The van der Waals surface area contributed by atoms with E-state index >= 15 is 0 Å². The fraction of sp³-hybridized carbons (Fsp3) is 0.556. The number of hydrogen-bond acceptors (Lipinski definition) is 7. The Morgan fingerprint density at radius 2 is 1.86 bits per heavy atom. The van der Waals surface area contributed by atoms with Crippen molar-refractivity contribution >= 4 is 27.7 Å². The molecule has 1 atom stereocenters. The summed E-state index contributed by atoms with van der Waals surface area (Å²) in [5.41, 5.74) is 0.511. The van der Waals surface area contributed by atoms with Crippen molar-refractivity contribution in [2.75, 3.05) is 50.6 Å². The van der Waals surface area contributed by atoms with Gasteiger partial charge in [-0.2, -0.15) is 0 Å². The Labute approximate surface area is 165 Å². The van der Waals surface area contributed by atoms with Crippen LogP contribution in [0.4, 0.5) is 15.3 Å². The highest BCUT2D eigenvalue weighted by atomic mass is 32.2. The average Bonchev–Trinajstić information content (AvgIpc) is 2.96. The van der Waals surface area contributed by atoms with Crippen LogP contribution in [-0.2, 0) is 14.6 Å². The second kappa shape index (κ2) is 9.74. The van der Waals surface area contributed by atoms with Gasteiger partial charge in [-0.1, -0.05) is 0 Å². The number of nitrogens with zero attached hydrogens (tertiary/aromatic N) is 2. The number of hydrogen-bond donors (Lipinski definition) is 1. The van der Waals surface area contributed by atoms with Gasteiger partial charge in [0.2, 0.25) is 0 Å². The van der Waals surface area contributed by atoms with E-state index in [2.05, 4.69) is 5.32 Å². The number of likely N-dealkylation sites (N-methyl/N-ethyl adjacent to an activating group) is 1. The van der Waals surface area contributed by atoms with Crippen LogP contribution in [-0.4, -0.2) is 81.7 Å². The number of benzene rings is 1. The number of amides is 2. The molecule has 0 bridgehead atoms. The Hall–Kier alpha value is -2.33. The summed E-state index contributed by atoms with van der Waals surface area (Å²) in [6.45, 7) is 2.93. The van der Waals surface area contributed by atoms with Gasteiger partial charge in [-0.3, -0.25) is 0 Å². The molecule has 0 spiro atoms. The van der Waals surface area contributed by atoms with E-state index in [1.54, 1.807) is 24.0 Å². The molecule has 0 aromatic heterocycles. The van der Waals surface area contributed by atoms with Gasteiger partial charge in [-0.05, 0) is 51.7 Å². The summed E-state index contributed by atoms with van der Waals surface area (Å²) in [5, 5.41) is 2.78. The molecule has 1 aliphatic heterocycles. The Bertz CT molecular complexity index is 779. The lowest BCUT2D eigenvalue weighted by molar-refractivity contribution is 0.104. The van der Waals surface area contributed by atoms with Crippen molar-refractivity contribution in [3.05, 3.63) is 24.3 Å². The number of anilines is 1. The van der Waals surface area contributed by atoms with Crippen LogP contribution >= 0.6 is 0 Å². The number of carbonyl (C=O) groups excluding carboxylic acids is 2. The summed E-state index contributed by atoms with van der Waals surface area (Å²) in [6, 6.07) is 5.58. The van der Waals surface area contributed by atoms with Crippen molar-refractivity contribution in [3.63, 3.8) is 0 Å². The number of rotatable bonds is 7. The summed E-state index contributed by atoms with van der Waals surface area (Å²) >= 11 is 0. The number of ether oxygens (including phenoxy) is 2. The third-order valence-electron chi connectivity index (χ3n) is 4.27. The van der Waals surface area contributed by atoms with Gasteiger partial charge in [0, 0.05) is 24.8 Å². The first-order valence-corrected chi connectivity index (χ1v) is 10.9. The first kappa shape index (κ1) is 22.0. The molecule has 0 saturated carbocycles. The van der Waals surface area contributed by atoms with E-state index in [0.717, 1.165) is 0 Å². The molecule has 9 nitrogen and oxygen atoms in total. The van der Waals surface area contributed by atoms with Crippen molar-refractivity contribution in [3.8, 4) is 5.75 Å². The maximum absolute atomic E-state index is 12.8. The highest BCUT2D eigenvalue weighted by molar-refractivity contribution is 7.91. The topological polar surface area (TPSA) is 105 Å². The molecule has 1 N–H and O–H groups in total. The summed E-state index contributed by atoms with van der Waals surface area (Å²) in [7, 11) is 0.682. The normalized spacial score (nSPS) is 17.9. The van der Waals surface area contributed by atoms with Crippen molar-refractivity contribution in [1.82, 2.24) is 9.80 Å². The monoisotopic (exact) mass is 413 g/mol. The van der Waals surface area contributed by atoms with Crippen LogP contribution in [0.1, 0.15) is 13.3 Å². The molecular formula is C18H27N3O6S. The molecule has 1 aromatic carbocycles. The number of carbonyl (C=O) groups is 2. The highest BCUT2D eigenvalue weighted by Gasteiger charge is 2.34. The molecule has 1 heterocycles. The predicted molar refractivity (Wildman–Crippen MR) is 105 cm³/mol. The maximum Gasteiger partial charge on any atom is 0.513 e. The fourth-order valence-corrected chi connectivity index (χ4v) is 4.55. The first-order chi connectivity index (χ1) is 13.2. The van der Waals surface area contributed by atoms with Crippen LogP contribution in [0.3, 0.4) is 0 Å². The predicted octanol–water partition coefficient (Wildman–Crippen LogP) is 1.80. The van der Waals surface area contributed by atoms with E-state index in [9.17, 15) is 18.0 Å². The van der Waals surface area contributed by atoms with Gasteiger partial charge < -0.3 is 24.6 Å². The van der Waals surface area contributed by atoms with Crippen LogP contribution in [0.2, 0.25) is 0 Å². The molecule has 0 aliphatic carbocycles. The second-order valence-electron chi connectivity index (χ2n) is 6.79. The smallest absolute Gasteiger partial charge is 0.434 e. The molecule has 0 radical (unpaired) electrons. The fourth-order valence-electron chi connectivity index (χ4n) is 2.82. The Morgan fingerprint density at radius 1 is 1.18 bits per heavy atom. The van der Waals surface area contributed by atoms with Crippen molar-refractivity contribution in [2.45, 2.75) is 19.4 Å². The van der Waals surface area contributed by atoms with Crippen LogP contribution < -0.4 is 10.1 Å². The zero-order valence-corrected chi connectivity index (χ0v) is 17.2. The third kappa shape index (κ3) is 6.68. The largest absolute Gasteiger partial charge is 0.513 e. The second-order valence-corrected chi connectivity index (χ2v) is 9.02. The summed E-state index contributed by atoms with van der Waals surface area (Å²) in [4.78, 5) is 27.6. The van der Waals surface area contributed by atoms with Gasteiger partial charge in [0.15, 0.2) is 9.84 Å². The summed E-state index contributed by atoms with van der Waals surface area (Å²) in [6.07, 6.45) is -0.355. The quantitative estimate of drug-likeness (QED) is 0.537. The van der Waals surface area contributed by atoms with Gasteiger partial charge in [0.1, 0.15) is 5.75 Å². The molecule has 1 aromatic rings. The molecule has 156 valence electrons. The zero-order chi connectivity index (χ0) is 20.7. The SMILES string of the molecule is CCOC(=O)Oc1ccc(NC(=O)N(CCN(C)C)C2CCS(=O)(=O)C2)cc1. The van der Waals surface area contributed by atoms with E-state index in [1.165, 1.54) is 12.1 Å². The van der Waals surface area contributed by atoms with Crippen LogP contribution in [0, 0.1) is 0 Å². The van der Waals surface area contributed by atoms with Gasteiger partial charge >= 0.3 is 12.2 Å². The summed E-state index contributed by atoms with van der Waals surface area (Å²) < 4.78 is 33.3.